The Morgan fingerprint density at radius 2 is 2.04 bits per heavy atom. The van der Waals surface area contributed by atoms with Gasteiger partial charge in [0, 0.05) is 31.4 Å². The second-order valence-corrected chi connectivity index (χ2v) is 6.94. The van der Waals surface area contributed by atoms with E-state index in [1.165, 1.54) is 25.9 Å². The summed E-state index contributed by atoms with van der Waals surface area (Å²) >= 11 is 0. The molecule has 26 heavy (non-hydrogen) atoms. The summed E-state index contributed by atoms with van der Waals surface area (Å²) < 4.78 is 11.0. The maximum Gasteiger partial charge on any atom is 0.195 e. The van der Waals surface area contributed by atoms with Crippen LogP contribution in [-0.4, -0.2) is 57.3 Å². The molecule has 1 aliphatic rings. The number of benzene rings is 1. The molecule has 1 fully saturated rings. The third-order valence-electron chi connectivity index (χ3n) is 4.96. The van der Waals surface area contributed by atoms with Crippen molar-refractivity contribution in [3.05, 3.63) is 18.2 Å². The van der Waals surface area contributed by atoms with Crippen molar-refractivity contribution in [3.8, 4) is 11.5 Å². The van der Waals surface area contributed by atoms with E-state index in [9.17, 15) is 0 Å². The SMILES string of the molecule is CCOc1ccc(NC(=NC)NCC(C)N2CCC(C)CC2)cc1OC. The lowest BCUT2D eigenvalue weighted by Gasteiger charge is -2.35. The van der Waals surface area contributed by atoms with Crippen molar-refractivity contribution < 1.29 is 9.47 Å². The van der Waals surface area contributed by atoms with E-state index in [2.05, 4.69) is 34.4 Å². The highest BCUT2D eigenvalue weighted by atomic mass is 16.5. The fourth-order valence-electron chi connectivity index (χ4n) is 3.18. The fraction of sp³-hybridized carbons (Fsp3) is 0.650. The van der Waals surface area contributed by atoms with Gasteiger partial charge in [-0.25, -0.2) is 0 Å². The molecule has 0 saturated carbocycles. The highest BCUT2D eigenvalue weighted by Gasteiger charge is 2.20. The highest BCUT2D eigenvalue weighted by Crippen LogP contribution is 2.30. The molecule has 1 aliphatic heterocycles. The van der Waals surface area contributed by atoms with Crippen molar-refractivity contribution in [2.75, 3.05) is 45.7 Å². The van der Waals surface area contributed by atoms with Crippen molar-refractivity contribution in [2.24, 2.45) is 10.9 Å². The molecule has 0 bridgehead atoms. The minimum absolute atomic E-state index is 0.482. The summed E-state index contributed by atoms with van der Waals surface area (Å²) in [7, 11) is 3.43. The zero-order valence-electron chi connectivity index (χ0n) is 16.8. The van der Waals surface area contributed by atoms with Crippen molar-refractivity contribution in [1.29, 1.82) is 0 Å². The van der Waals surface area contributed by atoms with Gasteiger partial charge in [0.05, 0.1) is 13.7 Å². The van der Waals surface area contributed by atoms with Gasteiger partial charge < -0.3 is 20.1 Å². The third kappa shape index (κ3) is 5.80. The average Bonchev–Trinajstić information content (AvgIpc) is 2.66. The molecular formula is C20H34N4O2. The van der Waals surface area contributed by atoms with Crippen LogP contribution in [0.25, 0.3) is 0 Å². The zero-order valence-corrected chi connectivity index (χ0v) is 16.8. The summed E-state index contributed by atoms with van der Waals surface area (Å²) in [4.78, 5) is 6.89. The van der Waals surface area contributed by atoms with Crippen LogP contribution in [0.5, 0.6) is 11.5 Å². The molecule has 0 aliphatic carbocycles. The van der Waals surface area contributed by atoms with Crippen LogP contribution in [0.1, 0.15) is 33.6 Å². The normalized spacial score (nSPS) is 17.7. The van der Waals surface area contributed by atoms with E-state index in [4.69, 9.17) is 9.47 Å². The number of methoxy groups -OCH3 is 1. The Hall–Kier alpha value is -1.95. The van der Waals surface area contributed by atoms with E-state index >= 15 is 0 Å². The van der Waals surface area contributed by atoms with E-state index in [1.54, 1.807) is 14.2 Å². The number of guanidine groups is 1. The van der Waals surface area contributed by atoms with Gasteiger partial charge in [-0.3, -0.25) is 9.89 Å². The summed E-state index contributed by atoms with van der Waals surface area (Å²) in [5.74, 6) is 3.07. The number of ether oxygens (including phenoxy) is 2. The minimum Gasteiger partial charge on any atom is -0.493 e. The Morgan fingerprint density at radius 3 is 2.65 bits per heavy atom. The summed E-state index contributed by atoms with van der Waals surface area (Å²) in [5.41, 5.74) is 0.915. The second kappa shape index (κ2) is 10.3. The molecule has 0 amide bonds. The van der Waals surface area contributed by atoms with E-state index in [0.717, 1.165) is 29.9 Å². The molecule has 1 saturated heterocycles. The molecule has 1 heterocycles. The predicted molar refractivity (Wildman–Crippen MR) is 109 cm³/mol. The van der Waals surface area contributed by atoms with E-state index in [0.29, 0.717) is 18.4 Å². The number of anilines is 1. The Balaban J connectivity index is 1.89. The first kappa shape index (κ1) is 20.4. The Morgan fingerprint density at radius 1 is 1.31 bits per heavy atom. The molecule has 1 atom stereocenters. The quantitative estimate of drug-likeness (QED) is 0.576. The highest BCUT2D eigenvalue weighted by molar-refractivity contribution is 5.93. The first-order valence-corrected chi connectivity index (χ1v) is 9.59. The van der Waals surface area contributed by atoms with Crippen molar-refractivity contribution in [3.63, 3.8) is 0 Å². The number of nitrogens with one attached hydrogen (secondary N) is 2. The second-order valence-electron chi connectivity index (χ2n) is 6.94. The molecular weight excluding hydrogens is 328 g/mol. The maximum absolute atomic E-state index is 5.56. The Labute approximate surface area is 158 Å². The van der Waals surface area contributed by atoms with Gasteiger partial charge in [-0.2, -0.15) is 0 Å². The first-order valence-electron chi connectivity index (χ1n) is 9.59. The lowest BCUT2D eigenvalue weighted by Crippen LogP contribution is -2.46. The maximum atomic E-state index is 5.56. The Bertz CT molecular complexity index is 583. The van der Waals surface area contributed by atoms with Gasteiger partial charge >= 0.3 is 0 Å². The number of piperidine rings is 1. The number of rotatable bonds is 7. The molecule has 1 aromatic rings. The van der Waals surface area contributed by atoms with Crippen LogP contribution in [0, 0.1) is 5.92 Å². The molecule has 6 nitrogen and oxygen atoms in total. The minimum atomic E-state index is 0.482. The molecule has 2 rings (SSSR count). The first-order chi connectivity index (χ1) is 12.6. The number of hydrogen-bond acceptors (Lipinski definition) is 4. The lowest BCUT2D eigenvalue weighted by molar-refractivity contribution is 0.148. The molecule has 0 spiro atoms. The molecule has 0 aromatic heterocycles. The fourth-order valence-corrected chi connectivity index (χ4v) is 3.18. The van der Waals surface area contributed by atoms with Crippen LogP contribution in [0.2, 0.25) is 0 Å². The van der Waals surface area contributed by atoms with Gasteiger partial charge in [0.2, 0.25) is 0 Å². The number of nitrogens with zero attached hydrogens (tertiary/aromatic N) is 2. The standard InChI is InChI=1S/C20H34N4O2/c1-6-26-18-8-7-17(13-19(18)25-5)23-20(21-4)22-14-16(3)24-11-9-15(2)10-12-24/h7-8,13,15-16H,6,9-12,14H2,1-5H3,(H2,21,22,23). The van der Waals surface area contributed by atoms with Gasteiger partial charge in [0.1, 0.15) is 0 Å². The topological polar surface area (TPSA) is 58.1 Å². The number of hydrogen-bond donors (Lipinski definition) is 2. The van der Waals surface area contributed by atoms with Crippen molar-refractivity contribution in [2.45, 2.75) is 39.7 Å². The van der Waals surface area contributed by atoms with Crippen LogP contribution < -0.4 is 20.1 Å². The van der Waals surface area contributed by atoms with Crippen LogP contribution in [-0.2, 0) is 0 Å². The Kier molecular flexibility index (Phi) is 8.04. The summed E-state index contributed by atoms with van der Waals surface area (Å²) in [5, 5.41) is 6.75. The van der Waals surface area contributed by atoms with Crippen molar-refractivity contribution in [1.82, 2.24) is 10.2 Å². The van der Waals surface area contributed by atoms with Crippen LogP contribution in [0.15, 0.2) is 23.2 Å². The summed E-state index contributed by atoms with van der Waals surface area (Å²) in [6, 6.07) is 6.29. The molecule has 1 aromatic carbocycles. The van der Waals surface area contributed by atoms with Gasteiger partial charge in [0.15, 0.2) is 17.5 Å². The molecule has 146 valence electrons. The molecule has 6 heteroatoms. The summed E-state index contributed by atoms with van der Waals surface area (Å²) in [6.07, 6.45) is 2.59. The smallest absolute Gasteiger partial charge is 0.195 e. The van der Waals surface area contributed by atoms with Crippen molar-refractivity contribution >= 4 is 11.6 Å². The number of likely N-dealkylation sites (tertiary alicyclic amines) is 1. The predicted octanol–water partition coefficient (Wildman–Crippen LogP) is 3.20. The van der Waals surface area contributed by atoms with E-state index in [-0.39, 0.29) is 0 Å². The lowest BCUT2D eigenvalue weighted by atomic mass is 9.98. The van der Waals surface area contributed by atoms with Crippen LogP contribution in [0.4, 0.5) is 5.69 Å². The number of aliphatic imine (C=N–C) groups is 1. The van der Waals surface area contributed by atoms with E-state index in [1.807, 2.05) is 25.1 Å². The van der Waals surface area contributed by atoms with Gasteiger partial charge in [-0.05, 0) is 57.8 Å². The van der Waals surface area contributed by atoms with Gasteiger partial charge in [-0.15, -0.1) is 0 Å². The average molecular weight is 363 g/mol. The van der Waals surface area contributed by atoms with Crippen LogP contribution in [0.3, 0.4) is 0 Å². The molecule has 0 radical (unpaired) electrons. The third-order valence-corrected chi connectivity index (χ3v) is 4.96. The molecule has 1 unspecified atom stereocenters. The molecule has 2 N–H and O–H groups in total. The van der Waals surface area contributed by atoms with Gasteiger partial charge in [-0.1, -0.05) is 6.92 Å². The largest absolute Gasteiger partial charge is 0.493 e. The monoisotopic (exact) mass is 362 g/mol. The van der Waals surface area contributed by atoms with Crippen LogP contribution >= 0.6 is 0 Å². The zero-order chi connectivity index (χ0) is 18.9. The summed E-state index contributed by atoms with van der Waals surface area (Å²) in [6.45, 7) is 10.4. The van der Waals surface area contributed by atoms with E-state index < -0.39 is 0 Å². The van der Waals surface area contributed by atoms with Gasteiger partial charge in [0.25, 0.3) is 0 Å².